The van der Waals surface area contributed by atoms with Gasteiger partial charge in [-0.2, -0.15) is 0 Å². The van der Waals surface area contributed by atoms with Gasteiger partial charge < -0.3 is 9.64 Å². The van der Waals surface area contributed by atoms with Crippen LogP contribution in [0.5, 0.6) is 0 Å². The molecule has 0 atom stereocenters. The summed E-state index contributed by atoms with van der Waals surface area (Å²) in [5, 5.41) is 20.8. The quantitative estimate of drug-likeness (QED) is 0.486. The van der Waals surface area contributed by atoms with Crippen molar-refractivity contribution in [1.82, 2.24) is 0 Å². The number of non-ortho nitro benzene ring substituents is 1. The first kappa shape index (κ1) is 14.6. The number of nitro benzene ring substituents is 1. The van der Waals surface area contributed by atoms with Crippen LogP contribution in [0.3, 0.4) is 0 Å². The van der Waals surface area contributed by atoms with Crippen LogP contribution in [0.15, 0.2) is 46.6 Å². The van der Waals surface area contributed by atoms with Crippen molar-refractivity contribution in [1.29, 1.82) is 0 Å². The van der Waals surface area contributed by atoms with E-state index in [-0.39, 0.29) is 5.69 Å². The normalized spacial score (nSPS) is 15.4. The standard InChI is InChI=1S/C14H14N4O3S/c19-18(20)12-3-1-11(2-4-12)15-16-13-5-6-14(22-13)17-7-9-21-10-8-17/h1-6H,7-10H2. The molecule has 0 amide bonds. The molecule has 0 N–H and O–H groups in total. The molecule has 0 aliphatic carbocycles. The molecule has 3 rings (SSSR count). The molecule has 0 bridgehead atoms. The lowest BCUT2D eigenvalue weighted by atomic mass is 10.3. The van der Waals surface area contributed by atoms with Crippen LogP contribution < -0.4 is 4.90 Å². The molecule has 1 aromatic carbocycles. The topological polar surface area (TPSA) is 80.3 Å². The maximum Gasteiger partial charge on any atom is 0.269 e. The Morgan fingerprint density at radius 2 is 1.82 bits per heavy atom. The third kappa shape index (κ3) is 3.46. The van der Waals surface area contributed by atoms with Crippen LogP contribution in [0.1, 0.15) is 0 Å². The lowest BCUT2D eigenvalue weighted by Crippen LogP contribution is -2.35. The summed E-state index contributed by atoms with van der Waals surface area (Å²) in [6, 6.07) is 9.95. The molecule has 114 valence electrons. The van der Waals surface area contributed by atoms with E-state index in [2.05, 4.69) is 15.1 Å². The van der Waals surface area contributed by atoms with Crippen molar-refractivity contribution in [2.24, 2.45) is 10.2 Å². The van der Waals surface area contributed by atoms with Gasteiger partial charge in [-0.3, -0.25) is 10.1 Å². The van der Waals surface area contributed by atoms with Crippen molar-refractivity contribution in [2.45, 2.75) is 0 Å². The summed E-state index contributed by atoms with van der Waals surface area (Å²) in [5.41, 5.74) is 0.636. The van der Waals surface area contributed by atoms with E-state index >= 15 is 0 Å². The summed E-state index contributed by atoms with van der Waals surface area (Å²) in [7, 11) is 0. The molecule has 0 unspecified atom stereocenters. The van der Waals surface area contributed by atoms with E-state index in [0.717, 1.165) is 36.3 Å². The molecule has 8 heteroatoms. The number of hydrogen-bond donors (Lipinski definition) is 0. The first-order chi connectivity index (χ1) is 10.7. The minimum Gasteiger partial charge on any atom is -0.378 e. The van der Waals surface area contributed by atoms with Crippen LogP contribution in [0, 0.1) is 10.1 Å². The van der Waals surface area contributed by atoms with E-state index in [4.69, 9.17) is 4.74 Å². The number of azo groups is 1. The maximum absolute atomic E-state index is 10.6. The number of thiophene rings is 1. The van der Waals surface area contributed by atoms with Crippen LogP contribution in [-0.2, 0) is 4.74 Å². The fraction of sp³-hybridized carbons (Fsp3) is 0.286. The van der Waals surface area contributed by atoms with E-state index in [1.807, 2.05) is 12.1 Å². The van der Waals surface area contributed by atoms with Crippen molar-refractivity contribution < 1.29 is 9.66 Å². The van der Waals surface area contributed by atoms with Gasteiger partial charge in [0.25, 0.3) is 5.69 Å². The molecular weight excluding hydrogens is 304 g/mol. The summed E-state index contributed by atoms with van der Waals surface area (Å²) < 4.78 is 5.33. The Hall–Kier alpha value is -2.32. The zero-order valence-corrected chi connectivity index (χ0v) is 12.5. The number of nitro groups is 1. The van der Waals surface area contributed by atoms with E-state index < -0.39 is 4.92 Å². The Kier molecular flexibility index (Phi) is 4.40. The number of nitrogens with zero attached hydrogens (tertiary/aromatic N) is 4. The van der Waals surface area contributed by atoms with Crippen molar-refractivity contribution in [3.05, 3.63) is 46.5 Å². The monoisotopic (exact) mass is 318 g/mol. The molecule has 7 nitrogen and oxygen atoms in total. The summed E-state index contributed by atoms with van der Waals surface area (Å²) in [4.78, 5) is 12.4. The predicted octanol–water partition coefficient (Wildman–Crippen LogP) is 3.91. The van der Waals surface area contributed by atoms with Crippen LogP contribution in [0.2, 0.25) is 0 Å². The van der Waals surface area contributed by atoms with Crippen molar-refractivity contribution in [2.75, 3.05) is 31.2 Å². The van der Waals surface area contributed by atoms with Gasteiger partial charge in [0, 0.05) is 25.2 Å². The van der Waals surface area contributed by atoms with E-state index in [1.165, 1.54) is 12.1 Å². The average Bonchev–Trinajstić information content (AvgIpc) is 3.03. The first-order valence-electron chi connectivity index (χ1n) is 6.81. The number of rotatable bonds is 4. The van der Waals surface area contributed by atoms with Crippen LogP contribution >= 0.6 is 11.3 Å². The van der Waals surface area contributed by atoms with Gasteiger partial charge in [-0.25, -0.2) is 0 Å². The largest absolute Gasteiger partial charge is 0.378 e. The highest BCUT2D eigenvalue weighted by atomic mass is 32.1. The molecule has 1 aliphatic rings. The summed E-state index contributed by atoms with van der Waals surface area (Å²) in [6.45, 7) is 3.27. The van der Waals surface area contributed by atoms with E-state index in [1.54, 1.807) is 23.5 Å². The Morgan fingerprint density at radius 3 is 2.50 bits per heavy atom. The fourth-order valence-corrected chi connectivity index (χ4v) is 2.95. The highest BCUT2D eigenvalue weighted by molar-refractivity contribution is 7.19. The van der Waals surface area contributed by atoms with E-state index in [9.17, 15) is 10.1 Å². The summed E-state index contributed by atoms with van der Waals surface area (Å²) in [6.07, 6.45) is 0. The van der Waals surface area contributed by atoms with Crippen LogP contribution in [0.4, 0.5) is 21.4 Å². The molecule has 0 radical (unpaired) electrons. The zero-order chi connectivity index (χ0) is 15.4. The highest BCUT2D eigenvalue weighted by Crippen LogP contribution is 2.33. The van der Waals surface area contributed by atoms with Crippen LogP contribution in [0.25, 0.3) is 0 Å². The van der Waals surface area contributed by atoms with Gasteiger partial charge in [-0.05, 0) is 24.3 Å². The second kappa shape index (κ2) is 6.63. The van der Waals surface area contributed by atoms with Gasteiger partial charge in [0.2, 0.25) is 0 Å². The number of benzene rings is 1. The Labute approximate surface area is 131 Å². The molecule has 0 spiro atoms. The average molecular weight is 318 g/mol. The molecule has 2 heterocycles. The second-order valence-electron chi connectivity index (χ2n) is 4.68. The Bertz CT molecular complexity index is 678. The first-order valence-corrected chi connectivity index (χ1v) is 7.63. The molecule has 1 saturated heterocycles. The fourth-order valence-electron chi connectivity index (χ4n) is 2.07. The van der Waals surface area contributed by atoms with E-state index in [0.29, 0.717) is 5.69 Å². The highest BCUT2D eigenvalue weighted by Gasteiger charge is 2.13. The van der Waals surface area contributed by atoms with Crippen molar-refractivity contribution in [3.63, 3.8) is 0 Å². The van der Waals surface area contributed by atoms with Gasteiger partial charge in [0.15, 0.2) is 0 Å². The SMILES string of the molecule is O=[N+]([O-])c1ccc(N=Nc2ccc(N3CCOCC3)s2)cc1. The van der Waals surface area contributed by atoms with Gasteiger partial charge in [-0.1, -0.05) is 11.3 Å². The molecule has 22 heavy (non-hydrogen) atoms. The van der Waals surface area contributed by atoms with Gasteiger partial charge in [-0.15, -0.1) is 10.2 Å². The van der Waals surface area contributed by atoms with Gasteiger partial charge in [0.1, 0.15) is 5.00 Å². The minimum absolute atomic E-state index is 0.0460. The van der Waals surface area contributed by atoms with Gasteiger partial charge in [0.05, 0.1) is 28.8 Å². The number of ether oxygens (including phenoxy) is 1. The lowest BCUT2D eigenvalue weighted by molar-refractivity contribution is -0.384. The zero-order valence-electron chi connectivity index (χ0n) is 11.7. The van der Waals surface area contributed by atoms with Crippen molar-refractivity contribution >= 4 is 32.7 Å². The number of morpholine rings is 1. The Balaban J connectivity index is 1.67. The smallest absolute Gasteiger partial charge is 0.269 e. The molecule has 2 aromatic rings. The predicted molar refractivity (Wildman–Crippen MR) is 84.6 cm³/mol. The number of hydrogen-bond acceptors (Lipinski definition) is 7. The Morgan fingerprint density at radius 1 is 1.09 bits per heavy atom. The molecule has 1 aromatic heterocycles. The summed E-state index contributed by atoms with van der Waals surface area (Å²) in [5.74, 6) is 0. The third-order valence-corrected chi connectivity index (χ3v) is 4.26. The third-order valence-electron chi connectivity index (χ3n) is 3.22. The molecular formula is C14H14N4O3S. The van der Waals surface area contributed by atoms with Gasteiger partial charge >= 0.3 is 0 Å². The molecule has 1 fully saturated rings. The van der Waals surface area contributed by atoms with Crippen LogP contribution in [-0.4, -0.2) is 31.2 Å². The molecule has 0 saturated carbocycles. The maximum atomic E-state index is 10.6. The lowest BCUT2D eigenvalue weighted by Gasteiger charge is -2.27. The summed E-state index contributed by atoms with van der Waals surface area (Å²) >= 11 is 1.57. The minimum atomic E-state index is -0.436. The second-order valence-corrected chi connectivity index (χ2v) is 5.73. The number of anilines is 1. The molecule has 1 aliphatic heterocycles. The van der Waals surface area contributed by atoms with Crippen molar-refractivity contribution in [3.8, 4) is 0 Å².